The number of ether oxygens (including phenoxy) is 1. The number of nitrogens with two attached hydrogens (primary N) is 1. The Kier molecular flexibility index (Phi) is 1.58. The SMILES string of the molecule is COC(=O)C1CC(=O)N1N. The van der Waals surface area contributed by atoms with E-state index in [1.54, 1.807) is 0 Å². The van der Waals surface area contributed by atoms with Gasteiger partial charge in [-0.2, -0.15) is 0 Å². The average Bonchev–Trinajstić information content (AvgIpc) is 1.98. The highest BCUT2D eigenvalue weighted by Crippen LogP contribution is 2.14. The molecule has 1 fully saturated rings. The minimum Gasteiger partial charge on any atom is -0.467 e. The number of hydrogen-bond donors (Lipinski definition) is 1. The molecule has 1 aliphatic heterocycles. The maximum atomic E-state index is 10.7. The average molecular weight is 144 g/mol. The fourth-order valence-corrected chi connectivity index (χ4v) is 0.763. The molecule has 0 aromatic heterocycles. The normalized spacial score (nSPS) is 24.0. The highest BCUT2D eigenvalue weighted by Gasteiger charge is 2.40. The first-order valence-corrected chi connectivity index (χ1v) is 2.81. The second kappa shape index (κ2) is 2.26. The zero-order chi connectivity index (χ0) is 7.72. The van der Waals surface area contributed by atoms with Crippen molar-refractivity contribution in [1.82, 2.24) is 5.01 Å². The predicted octanol–water partition coefficient (Wildman–Crippen LogP) is -1.37. The molecule has 1 aliphatic rings. The van der Waals surface area contributed by atoms with E-state index in [1.165, 1.54) is 7.11 Å². The molecule has 1 amide bonds. The van der Waals surface area contributed by atoms with Gasteiger partial charge in [-0.15, -0.1) is 0 Å². The van der Waals surface area contributed by atoms with Crippen molar-refractivity contribution >= 4 is 11.9 Å². The number of hydrogen-bond acceptors (Lipinski definition) is 4. The fourth-order valence-electron chi connectivity index (χ4n) is 0.763. The van der Waals surface area contributed by atoms with Crippen molar-refractivity contribution in [1.29, 1.82) is 0 Å². The van der Waals surface area contributed by atoms with Crippen LogP contribution in [0, 0.1) is 0 Å². The van der Waals surface area contributed by atoms with Crippen LogP contribution >= 0.6 is 0 Å². The number of hydrazine groups is 1. The number of carbonyl (C=O) groups is 2. The summed E-state index contributed by atoms with van der Waals surface area (Å²) in [6.45, 7) is 0. The molecule has 56 valence electrons. The van der Waals surface area contributed by atoms with Gasteiger partial charge in [-0.1, -0.05) is 0 Å². The summed E-state index contributed by atoms with van der Waals surface area (Å²) in [5.74, 6) is 4.44. The number of methoxy groups -OCH3 is 1. The third-order valence-corrected chi connectivity index (χ3v) is 1.46. The van der Waals surface area contributed by atoms with Crippen LogP contribution in [0.2, 0.25) is 0 Å². The van der Waals surface area contributed by atoms with Gasteiger partial charge in [-0.25, -0.2) is 10.6 Å². The van der Waals surface area contributed by atoms with Gasteiger partial charge in [0.05, 0.1) is 13.5 Å². The van der Waals surface area contributed by atoms with E-state index < -0.39 is 12.0 Å². The predicted molar refractivity (Wildman–Crippen MR) is 31.5 cm³/mol. The van der Waals surface area contributed by atoms with Crippen LogP contribution in [0.25, 0.3) is 0 Å². The van der Waals surface area contributed by atoms with Crippen molar-refractivity contribution in [2.45, 2.75) is 12.5 Å². The molecule has 2 N–H and O–H groups in total. The molecule has 1 heterocycles. The molecular formula is C5H8N2O3. The standard InChI is InChI=1S/C5H8N2O3/c1-10-5(9)3-2-4(8)7(3)6/h3H,2,6H2,1H3. The quantitative estimate of drug-likeness (QED) is 0.213. The first-order chi connectivity index (χ1) is 4.66. The molecule has 0 aromatic rings. The molecule has 1 saturated heterocycles. The first-order valence-electron chi connectivity index (χ1n) is 2.81. The zero-order valence-corrected chi connectivity index (χ0v) is 5.53. The van der Waals surface area contributed by atoms with Crippen molar-refractivity contribution in [3.8, 4) is 0 Å². The molecule has 0 aromatic carbocycles. The number of β-lactam (4-membered cyclic amide) rings is 1. The van der Waals surface area contributed by atoms with Gasteiger partial charge >= 0.3 is 5.97 Å². The lowest BCUT2D eigenvalue weighted by molar-refractivity contribution is -0.164. The number of rotatable bonds is 1. The molecule has 5 nitrogen and oxygen atoms in total. The molecule has 5 heteroatoms. The van der Waals surface area contributed by atoms with E-state index in [0.29, 0.717) is 0 Å². The topological polar surface area (TPSA) is 72.6 Å². The summed E-state index contributed by atoms with van der Waals surface area (Å²) in [6, 6.07) is -0.558. The Morgan fingerprint density at radius 2 is 2.50 bits per heavy atom. The van der Waals surface area contributed by atoms with Gasteiger partial charge in [0, 0.05) is 0 Å². The smallest absolute Gasteiger partial charge is 0.330 e. The molecule has 0 aliphatic carbocycles. The van der Waals surface area contributed by atoms with Crippen molar-refractivity contribution in [2.24, 2.45) is 5.84 Å². The van der Waals surface area contributed by atoms with Gasteiger partial charge in [-0.05, 0) is 0 Å². The van der Waals surface area contributed by atoms with Crippen molar-refractivity contribution in [3.05, 3.63) is 0 Å². The van der Waals surface area contributed by atoms with Crippen molar-refractivity contribution < 1.29 is 14.3 Å². The first kappa shape index (κ1) is 7.01. The van der Waals surface area contributed by atoms with E-state index in [9.17, 15) is 9.59 Å². The van der Waals surface area contributed by atoms with E-state index in [1.807, 2.05) is 0 Å². The Balaban J connectivity index is 2.47. The summed E-state index contributed by atoms with van der Waals surface area (Å²) < 4.78 is 4.36. The summed E-state index contributed by atoms with van der Waals surface area (Å²) in [4.78, 5) is 21.1. The van der Waals surface area contributed by atoms with Crippen LogP contribution in [0.5, 0.6) is 0 Å². The molecule has 0 saturated carbocycles. The largest absolute Gasteiger partial charge is 0.467 e. The Bertz CT molecular complexity index is 180. The summed E-state index contributed by atoms with van der Waals surface area (Å²) in [5.41, 5.74) is 0. The molecule has 0 bridgehead atoms. The number of nitrogens with zero attached hydrogens (tertiary/aromatic N) is 1. The minimum absolute atomic E-state index is 0.170. The van der Waals surface area contributed by atoms with Gasteiger partial charge < -0.3 is 4.74 Å². The highest BCUT2D eigenvalue weighted by molar-refractivity contribution is 5.94. The monoisotopic (exact) mass is 144 g/mol. The maximum absolute atomic E-state index is 10.7. The Morgan fingerprint density at radius 1 is 1.90 bits per heavy atom. The lowest BCUT2D eigenvalue weighted by Gasteiger charge is -2.33. The zero-order valence-electron chi connectivity index (χ0n) is 5.53. The molecule has 1 rings (SSSR count). The Hall–Kier alpha value is -1.10. The van der Waals surface area contributed by atoms with E-state index in [4.69, 9.17) is 5.84 Å². The van der Waals surface area contributed by atoms with Crippen molar-refractivity contribution in [3.63, 3.8) is 0 Å². The number of esters is 1. The summed E-state index contributed by atoms with van der Waals surface area (Å²) >= 11 is 0. The van der Waals surface area contributed by atoms with Gasteiger partial charge in [-0.3, -0.25) is 9.80 Å². The van der Waals surface area contributed by atoms with Gasteiger partial charge in [0.2, 0.25) is 5.91 Å². The second-order valence-electron chi connectivity index (χ2n) is 2.04. The van der Waals surface area contributed by atoms with Crippen molar-refractivity contribution in [2.75, 3.05) is 7.11 Å². The Morgan fingerprint density at radius 3 is 2.80 bits per heavy atom. The van der Waals surface area contributed by atoms with Gasteiger partial charge in [0.25, 0.3) is 0 Å². The lowest BCUT2D eigenvalue weighted by atomic mass is 10.1. The third-order valence-electron chi connectivity index (χ3n) is 1.46. The molecule has 1 unspecified atom stereocenters. The number of amides is 1. The highest BCUT2D eigenvalue weighted by atomic mass is 16.5. The molecule has 0 spiro atoms. The van der Waals surface area contributed by atoms with Gasteiger partial charge in [0.1, 0.15) is 0 Å². The van der Waals surface area contributed by atoms with E-state index in [0.717, 1.165) is 5.01 Å². The fraction of sp³-hybridized carbons (Fsp3) is 0.600. The van der Waals surface area contributed by atoms with Crippen LogP contribution < -0.4 is 5.84 Å². The van der Waals surface area contributed by atoms with Crippen LogP contribution in [-0.2, 0) is 14.3 Å². The summed E-state index contributed by atoms with van der Waals surface area (Å²) in [6.07, 6.45) is 0.170. The molecular weight excluding hydrogens is 136 g/mol. The van der Waals surface area contributed by atoms with Crippen LogP contribution in [0.1, 0.15) is 6.42 Å². The summed E-state index contributed by atoms with van der Waals surface area (Å²) in [7, 11) is 1.26. The van der Waals surface area contributed by atoms with Gasteiger partial charge in [0.15, 0.2) is 6.04 Å². The lowest BCUT2D eigenvalue weighted by Crippen LogP contribution is -2.60. The third kappa shape index (κ3) is 0.841. The Labute approximate surface area is 57.7 Å². The maximum Gasteiger partial charge on any atom is 0.330 e. The van der Waals surface area contributed by atoms with Crippen LogP contribution in [-0.4, -0.2) is 30.0 Å². The summed E-state index contributed by atoms with van der Waals surface area (Å²) in [5, 5.41) is 0.881. The number of carbonyl (C=O) groups excluding carboxylic acids is 2. The molecule has 1 atom stereocenters. The van der Waals surface area contributed by atoms with E-state index in [-0.39, 0.29) is 12.3 Å². The van der Waals surface area contributed by atoms with Crippen LogP contribution in [0.4, 0.5) is 0 Å². The van der Waals surface area contributed by atoms with E-state index >= 15 is 0 Å². The second-order valence-corrected chi connectivity index (χ2v) is 2.04. The molecule has 0 radical (unpaired) electrons. The molecule has 10 heavy (non-hydrogen) atoms. The van der Waals surface area contributed by atoms with E-state index in [2.05, 4.69) is 4.74 Å². The minimum atomic E-state index is -0.558. The van der Waals surface area contributed by atoms with Crippen LogP contribution in [0.15, 0.2) is 0 Å². The van der Waals surface area contributed by atoms with Crippen LogP contribution in [0.3, 0.4) is 0 Å².